The van der Waals surface area contributed by atoms with Gasteiger partial charge in [-0.1, -0.05) is 19.1 Å². The van der Waals surface area contributed by atoms with Crippen LogP contribution in [0, 0.1) is 0 Å². The van der Waals surface area contributed by atoms with Crippen molar-refractivity contribution >= 4 is 0 Å². The SMILES string of the molecule is CCCNC(c1cccc(OC(C)C)c1)c1ccnn1C. The van der Waals surface area contributed by atoms with Gasteiger partial charge in [-0.2, -0.15) is 5.10 Å². The van der Waals surface area contributed by atoms with Crippen LogP contribution in [0.1, 0.15) is 44.5 Å². The van der Waals surface area contributed by atoms with Crippen LogP contribution in [0.3, 0.4) is 0 Å². The second-order valence-electron chi connectivity index (χ2n) is 5.51. The van der Waals surface area contributed by atoms with E-state index in [9.17, 15) is 0 Å². The Bertz CT molecular complexity index is 563. The molecule has 0 aliphatic heterocycles. The second kappa shape index (κ2) is 7.27. The molecule has 114 valence electrons. The fourth-order valence-electron chi connectivity index (χ4n) is 2.39. The van der Waals surface area contributed by atoms with Gasteiger partial charge in [0.05, 0.1) is 17.8 Å². The Morgan fingerprint density at radius 2 is 2.10 bits per heavy atom. The van der Waals surface area contributed by atoms with Gasteiger partial charge in [-0.3, -0.25) is 4.68 Å². The van der Waals surface area contributed by atoms with Gasteiger partial charge in [0, 0.05) is 13.2 Å². The van der Waals surface area contributed by atoms with Crippen LogP contribution in [0.2, 0.25) is 0 Å². The van der Waals surface area contributed by atoms with Gasteiger partial charge in [0.25, 0.3) is 0 Å². The Balaban J connectivity index is 2.30. The number of aromatic nitrogens is 2. The Morgan fingerprint density at radius 1 is 1.29 bits per heavy atom. The third-order valence-corrected chi connectivity index (χ3v) is 3.32. The lowest BCUT2D eigenvalue weighted by Gasteiger charge is -2.20. The third kappa shape index (κ3) is 4.08. The number of hydrogen-bond acceptors (Lipinski definition) is 3. The van der Waals surface area contributed by atoms with Gasteiger partial charge in [-0.15, -0.1) is 0 Å². The first-order chi connectivity index (χ1) is 10.1. The summed E-state index contributed by atoms with van der Waals surface area (Å²) in [5, 5.41) is 7.88. The molecule has 1 N–H and O–H groups in total. The molecule has 1 heterocycles. The number of benzene rings is 1. The van der Waals surface area contributed by atoms with Gasteiger partial charge < -0.3 is 10.1 Å². The van der Waals surface area contributed by atoms with E-state index in [2.05, 4.69) is 35.5 Å². The summed E-state index contributed by atoms with van der Waals surface area (Å²) in [5.74, 6) is 0.910. The van der Waals surface area contributed by atoms with Crippen molar-refractivity contribution in [2.75, 3.05) is 6.54 Å². The van der Waals surface area contributed by atoms with Crippen molar-refractivity contribution in [1.29, 1.82) is 0 Å². The fraction of sp³-hybridized carbons (Fsp3) is 0.471. The molecule has 0 bridgehead atoms. The predicted octanol–water partition coefficient (Wildman–Crippen LogP) is 3.30. The maximum atomic E-state index is 5.81. The Kier molecular flexibility index (Phi) is 5.39. The van der Waals surface area contributed by atoms with E-state index in [1.54, 1.807) is 0 Å². The molecular formula is C17H25N3O. The van der Waals surface area contributed by atoms with Crippen molar-refractivity contribution in [2.24, 2.45) is 7.05 Å². The molecule has 0 aliphatic rings. The second-order valence-corrected chi connectivity index (χ2v) is 5.51. The zero-order valence-electron chi connectivity index (χ0n) is 13.3. The van der Waals surface area contributed by atoms with Crippen LogP contribution in [-0.2, 0) is 7.05 Å². The standard InChI is InChI=1S/C17H25N3O/c1-5-10-18-17(16-9-11-19-20(16)4)14-7-6-8-15(12-14)21-13(2)3/h6-9,11-13,17-18H,5,10H2,1-4H3. The van der Waals surface area contributed by atoms with E-state index < -0.39 is 0 Å². The van der Waals surface area contributed by atoms with E-state index in [0.717, 1.165) is 24.4 Å². The fourth-order valence-corrected chi connectivity index (χ4v) is 2.39. The number of nitrogens with one attached hydrogen (secondary N) is 1. The highest BCUT2D eigenvalue weighted by molar-refractivity contribution is 5.34. The number of hydrogen-bond donors (Lipinski definition) is 1. The van der Waals surface area contributed by atoms with Crippen LogP contribution in [0.4, 0.5) is 0 Å². The van der Waals surface area contributed by atoms with Crippen molar-refractivity contribution in [3.05, 3.63) is 47.8 Å². The quantitative estimate of drug-likeness (QED) is 0.849. The van der Waals surface area contributed by atoms with Gasteiger partial charge in [-0.25, -0.2) is 0 Å². The van der Waals surface area contributed by atoms with E-state index in [4.69, 9.17) is 4.74 Å². The summed E-state index contributed by atoms with van der Waals surface area (Å²) < 4.78 is 7.73. The van der Waals surface area contributed by atoms with Gasteiger partial charge in [0.15, 0.2) is 0 Å². The molecule has 2 rings (SSSR count). The molecule has 1 unspecified atom stereocenters. The summed E-state index contributed by atoms with van der Waals surface area (Å²) in [6.07, 6.45) is 3.11. The van der Waals surface area contributed by atoms with Crippen LogP contribution in [0.15, 0.2) is 36.5 Å². The maximum absolute atomic E-state index is 5.81. The van der Waals surface area contributed by atoms with Crippen LogP contribution in [-0.4, -0.2) is 22.4 Å². The highest BCUT2D eigenvalue weighted by Crippen LogP contribution is 2.25. The van der Waals surface area contributed by atoms with E-state index in [0.29, 0.717) is 0 Å². The molecule has 0 saturated carbocycles. The lowest BCUT2D eigenvalue weighted by molar-refractivity contribution is 0.242. The van der Waals surface area contributed by atoms with Crippen molar-refractivity contribution in [1.82, 2.24) is 15.1 Å². The number of aryl methyl sites for hydroxylation is 1. The number of nitrogens with zero attached hydrogens (tertiary/aromatic N) is 2. The summed E-state index contributed by atoms with van der Waals surface area (Å²) in [6.45, 7) is 7.22. The van der Waals surface area contributed by atoms with Crippen LogP contribution < -0.4 is 10.1 Å². The molecule has 0 fully saturated rings. The highest BCUT2D eigenvalue weighted by atomic mass is 16.5. The lowest BCUT2D eigenvalue weighted by Crippen LogP contribution is -2.25. The number of rotatable bonds is 7. The maximum Gasteiger partial charge on any atom is 0.120 e. The minimum absolute atomic E-state index is 0.133. The first kappa shape index (κ1) is 15.6. The lowest BCUT2D eigenvalue weighted by atomic mass is 10.0. The highest BCUT2D eigenvalue weighted by Gasteiger charge is 2.17. The van der Waals surface area contributed by atoms with E-state index in [-0.39, 0.29) is 12.1 Å². The summed E-state index contributed by atoms with van der Waals surface area (Å²) in [4.78, 5) is 0. The molecule has 1 aromatic heterocycles. The molecule has 0 saturated heterocycles. The molecule has 0 radical (unpaired) electrons. The predicted molar refractivity (Wildman–Crippen MR) is 85.6 cm³/mol. The zero-order valence-corrected chi connectivity index (χ0v) is 13.3. The molecule has 2 aromatic rings. The van der Waals surface area contributed by atoms with Crippen molar-refractivity contribution in [3.63, 3.8) is 0 Å². The van der Waals surface area contributed by atoms with E-state index in [1.807, 2.05) is 43.9 Å². The average molecular weight is 287 g/mol. The Hall–Kier alpha value is -1.81. The summed E-state index contributed by atoms with van der Waals surface area (Å²) in [6, 6.07) is 10.5. The van der Waals surface area contributed by atoms with E-state index in [1.165, 1.54) is 5.56 Å². The molecule has 1 aromatic carbocycles. The van der Waals surface area contributed by atoms with Crippen LogP contribution in [0.5, 0.6) is 5.75 Å². The minimum Gasteiger partial charge on any atom is -0.491 e. The van der Waals surface area contributed by atoms with Crippen molar-refractivity contribution < 1.29 is 4.74 Å². The van der Waals surface area contributed by atoms with Crippen LogP contribution in [0.25, 0.3) is 0 Å². The van der Waals surface area contributed by atoms with Crippen LogP contribution >= 0.6 is 0 Å². The third-order valence-electron chi connectivity index (χ3n) is 3.32. The first-order valence-corrected chi connectivity index (χ1v) is 7.59. The molecule has 0 amide bonds. The normalized spacial score (nSPS) is 12.6. The van der Waals surface area contributed by atoms with Gasteiger partial charge in [-0.05, 0) is 50.6 Å². The van der Waals surface area contributed by atoms with Crippen molar-refractivity contribution in [3.8, 4) is 5.75 Å². The molecule has 4 heteroatoms. The number of ether oxygens (including phenoxy) is 1. The molecule has 21 heavy (non-hydrogen) atoms. The van der Waals surface area contributed by atoms with Gasteiger partial charge >= 0.3 is 0 Å². The largest absolute Gasteiger partial charge is 0.491 e. The van der Waals surface area contributed by atoms with Crippen molar-refractivity contribution in [2.45, 2.75) is 39.3 Å². The van der Waals surface area contributed by atoms with Gasteiger partial charge in [0.2, 0.25) is 0 Å². The monoisotopic (exact) mass is 287 g/mol. The zero-order chi connectivity index (χ0) is 15.2. The first-order valence-electron chi connectivity index (χ1n) is 7.59. The molecule has 4 nitrogen and oxygen atoms in total. The summed E-state index contributed by atoms with van der Waals surface area (Å²) in [5.41, 5.74) is 2.36. The topological polar surface area (TPSA) is 39.1 Å². The molecular weight excluding hydrogens is 262 g/mol. The molecule has 0 spiro atoms. The Morgan fingerprint density at radius 3 is 2.71 bits per heavy atom. The van der Waals surface area contributed by atoms with E-state index >= 15 is 0 Å². The van der Waals surface area contributed by atoms with Gasteiger partial charge in [0.1, 0.15) is 5.75 Å². The average Bonchev–Trinajstić information content (AvgIpc) is 2.85. The molecule has 0 aliphatic carbocycles. The Labute approximate surface area is 127 Å². The summed E-state index contributed by atoms with van der Waals surface area (Å²) in [7, 11) is 1.98. The summed E-state index contributed by atoms with van der Waals surface area (Å²) >= 11 is 0. The smallest absolute Gasteiger partial charge is 0.120 e. The minimum atomic E-state index is 0.133. The molecule has 1 atom stereocenters.